The number of nitrogens with one attached hydrogen (secondary N) is 1. The summed E-state index contributed by atoms with van der Waals surface area (Å²) in [4.78, 5) is 24.0. The third kappa shape index (κ3) is 3.18. The van der Waals surface area contributed by atoms with Crippen LogP contribution in [-0.4, -0.2) is 53.8 Å². The van der Waals surface area contributed by atoms with Gasteiger partial charge in [0, 0.05) is 25.1 Å². The summed E-state index contributed by atoms with van der Waals surface area (Å²) < 4.78 is 5.59. The molecule has 110 valence electrons. The Morgan fingerprint density at radius 3 is 2.53 bits per heavy atom. The van der Waals surface area contributed by atoms with Crippen LogP contribution in [0.25, 0.3) is 0 Å². The number of aliphatic carboxylic acids is 1. The van der Waals surface area contributed by atoms with Crippen LogP contribution in [0.4, 0.5) is 4.79 Å². The van der Waals surface area contributed by atoms with Crippen molar-refractivity contribution in [3.05, 3.63) is 0 Å². The van der Waals surface area contributed by atoms with Crippen LogP contribution in [0.2, 0.25) is 0 Å². The van der Waals surface area contributed by atoms with Crippen LogP contribution in [0.1, 0.15) is 34.1 Å². The Morgan fingerprint density at radius 2 is 2.11 bits per heavy atom. The molecule has 1 aliphatic carbocycles. The van der Waals surface area contributed by atoms with Crippen molar-refractivity contribution in [1.82, 2.24) is 10.2 Å². The van der Waals surface area contributed by atoms with Crippen molar-refractivity contribution < 1.29 is 19.4 Å². The Morgan fingerprint density at radius 1 is 1.53 bits per heavy atom. The lowest BCUT2D eigenvalue weighted by Gasteiger charge is -2.51. The zero-order valence-corrected chi connectivity index (χ0v) is 12.3. The maximum atomic E-state index is 12.0. The molecule has 1 fully saturated rings. The van der Waals surface area contributed by atoms with E-state index in [9.17, 15) is 9.59 Å². The molecule has 6 heteroatoms. The second-order valence-corrected chi connectivity index (χ2v) is 5.63. The van der Waals surface area contributed by atoms with E-state index in [1.54, 1.807) is 0 Å². The average Bonchev–Trinajstić information content (AvgIpc) is 2.35. The van der Waals surface area contributed by atoms with Crippen molar-refractivity contribution in [3.8, 4) is 0 Å². The van der Waals surface area contributed by atoms with Gasteiger partial charge in [0.1, 0.15) is 6.04 Å². The van der Waals surface area contributed by atoms with E-state index >= 15 is 0 Å². The number of urea groups is 1. The third-order valence-electron chi connectivity index (χ3n) is 4.10. The molecule has 2 N–H and O–H groups in total. The number of carboxylic acid groups (broad SMARTS) is 1. The quantitative estimate of drug-likeness (QED) is 0.790. The number of rotatable bonds is 5. The van der Waals surface area contributed by atoms with Crippen LogP contribution >= 0.6 is 0 Å². The summed E-state index contributed by atoms with van der Waals surface area (Å²) in [5, 5.41) is 11.8. The number of carbonyl (C=O) groups excluding carboxylic acids is 1. The first-order valence-electron chi connectivity index (χ1n) is 6.59. The second-order valence-electron chi connectivity index (χ2n) is 5.63. The van der Waals surface area contributed by atoms with Crippen molar-refractivity contribution in [2.75, 3.05) is 13.7 Å². The molecule has 1 aliphatic rings. The molecule has 0 spiro atoms. The summed E-state index contributed by atoms with van der Waals surface area (Å²) in [5.41, 5.74) is -0.126. The molecule has 0 aromatic carbocycles. The Kier molecular flexibility index (Phi) is 4.79. The predicted octanol–water partition coefficient (Wildman–Crippen LogP) is 1.30. The monoisotopic (exact) mass is 272 g/mol. The number of likely N-dealkylation sites (N-methyl/N-ethyl adjacent to an activating group) is 1. The number of hydrogen-bond donors (Lipinski definition) is 2. The zero-order valence-electron chi connectivity index (χ0n) is 12.3. The molecule has 6 nitrogen and oxygen atoms in total. The minimum absolute atomic E-state index is 0.0139. The van der Waals surface area contributed by atoms with Crippen LogP contribution in [0.15, 0.2) is 0 Å². The van der Waals surface area contributed by atoms with E-state index in [0.29, 0.717) is 6.61 Å². The summed E-state index contributed by atoms with van der Waals surface area (Å²) >= 11 is 0. The molecular formula is C13H24N2O4. The first kappa shape index (κ1) is 15.8. The van der Waals surface area contributed by atoms with E-state index in [0.717, 1.165) is 6.42 Å². The van der Waals surface area contributed by atoms with Gasteiger partial charge in [-0.25, -0.2) is 9.59 Å². The first-order chi connectivity index (χ1) is 8.71. The summed E-state index contributed by atoms with van der Waals surface area (Å²) in [6.45, 7) is 8.18. The van der Waals surface area contributed by atoms with Gasteiger partial charge in [0.2, 0.25) is 0 Å². The van der Waals surface area contributed by atoms with Gasteiger partial charge >= 0.3 is 12.0 Å². The van der Waals surface area contributed by atoms with Gasteiger partial charge in [-0.3, -0.25) is 0 Å². The van der Waals surface area contributed by atoms with E-state index in [4.69, 9.17) is 9.84 Å². The first-order valence-corrected chi connectivity index (χ1v) is 6.59. The van der Waals surface area contributed by atoms with E-state index in [2.05, 4.69) is 5.32 Å². The molecule has 3 unspecified atom stereocenters. The van der Waals surface area contributed by atoms with Crippen LogP contribution in [0, 0.1) is 5.41 Å². The summed E-state index contributed by atoms with van der Waals surface area (Å²) in [7, 11) is 1.49. The van der Waals surface area contributed by atoms with Gasteiger partial charge in [-0.15, -0.1) is 0 Å². The molecule has 0 bridgehead atoms. The summed E-state index contributed by atoms with van der Waals surface area (Å²) in [6, 6.07) is -1.19. The summed E-state index contributed by atoms with van der Waals surface area (Å²) in [6.07, 6.45) is 0.909. The Hall–Kier alpha value is -1.30. The maximum Gasteiger partial charge on any atom is 0.326 e. The van der Waals surface area contributed by atoms with Crippen LogP contribution in [0.5, 0.6) is 0 Å². The lowest BCUT2D eigenvalue weighted by Crippen LogP contribution is -2.64. The molecule has 2 amide bonds. The molecule has 1 rings (SSSR count). The Balaban J connectivity index is 2.53. The number of ether oxygens (including phenoxy) is 1. The smallest absolute Gasteiger partial charge is 0.326 e. The van der Waals surface area contributed by atoms with Crippen molar-refractivity contribution in [1.29, 1.82) is 0 Å². The fourth-order valence-electron chi connectivity index (χ4n) is 2.21. The van der Waals surface area contributed by atoms with Gasteiger partial charge in [-0.1, -0.05) is 13.8 Å². The van der Waals surface area contributed by atoms with Crippen molar-refractivity contribution in [2.45, 2.75) is 52.3 Å². The summed E-state index contributed by atoms with van der Waals surface area (Å²) in [5.74, 6) is -1.02. The van der Waals surface area contributed by atoms with Crippen LogP contribution < -0.4 is 5.32 Å². The minimum Gasteiger partial charge on any atom is -0.480 e. The standard InChI is InChI=1S/C13H24N2O4/c1-6-19-10-7-9(13(10,3)4)14-12(18)15(5)8(2)11(16)17/h8-10H,6-7H2,1-5H3,(H,14,18)(H,16,17). The van der Waals surface area contributed by atoms with Crippen molar-refractivity contribution >= 4 is 12.0 Å². The molecule has 0 saturated heterocycles. The SMILES string of the molecule is CCOC1CC(NC(=O)N(C)C(C)C(=O)O)C1(C)C. The highest BCUT2D eigenvalue weighted by atomic mass is 16.5. The second kappa shape index (κ2) is 5.77. The molecule has 0 heterocycles. The average molecular weight is 272 g/mol. The molecule has 19 heavy (non-hydrogen) atoms. The largest absolute Gasteiger partial charge is 0.480 e. The molecule has 0 aromatic rings. The van der Waals surface area contributed by atoms with Gasteiger partial charge < -0.3 is 20.1 Å². The van der Waals surface area contributed by atoms with Gasteiger partial charge in [-0.2, -0.15) is 0 Å². The van der Waals surface area contributed by atoms with Gasteiger partial charge in [0.25, 0.3) is 0 Å². The molecule has 1 saturated carbocycles. The van der Waals surface area contributed by atoms with Gasteiger partial charge in [0.05, 0.1) is 6.10 Å². The lowest BCUT2D eigenvalue weighted by atomic mass is 9.64. The Bertz CT molecular complexity index is 357. The number of nitrogens with zero attached hydrogens (tertiary/aromatic N) is 1. The minimum atomic E-state index is -1.02. The highest BCUT2D eigenvalue weighted by Gasteiger charge is 2.49. The molecule has 0 radical (unpaired) electrons. The van der Waals surface area contributed by atoms with E-state index < -0.39 is 12.0 Å². The zero-order chi connectivity index (χ0) is 14.8. The number of amides is 2. The van der Waals surface area contributed by atoms with E-state index in [1.807, 2.05) is 20.8 Å². The van der Waals surface area contributed by atoms with Crippen LogP contribution in [0.3, 0.4) is 0 Å². The highest BCUT2D eigenvalue weighted by molar-refractivity contribution is 5.82. The third-order valence-corrected chi connectivity index (χ3v) is 4.10. The normalized spacial score (nSPS) is 26.2. The number of carbonyl (C=O) groups is 2. The highest BCUT2D eigenvalue weighted by Crippen LogP contribution is 2.42. The number of hydrogen-bond acceptors (Lipinski definition) is 3. The van der Waals surface area contributed by atoms with E-state index in [1.165, 1.54) is 18.9 Å². The predicted molar refractivity (Wildman–Crippen MR) is 71.0 cm³/mol. The van der Waals surface area contributed by atoms with Crippen molar-refractivity contribution in [3.63, 3.8) is 0 Å². The fraction of sp³-hybridized carbons (Fsp3) is 0.846. The van der Waals surface area contributed by atoms with Crippen molar-refractivity contribution in [2.24, 2.45) is 5.41 Å². The molecule has 0 aliphatic heterocycles. The van der Waals surface area contributed by atoms with Gasteiger partial charge in [-0.05, 0) is 20.3 Å². The van der Waals surface area contributed by atoms with Crippen LogP contribution in [-0.2, 0) is 9.53 Å². The fourth-order valence-corrected chi connectivity index (χ4v) is 2.21. The molecule has 0 aromatic heterocycles. The topological polar surface area (TPSA) is 78.9 Å². The molecular weight excluding hydrogens is 248 g/mol. The number of carboxylic acids is 1. The lowest BCUT2D eigenvalue weighted by molar-refractivity contribution is -0.141. The maximum absolute atomic E-state index is 12.0. The Labute approximate surface area is 114 Å². The van der Waals surface area contributed by atoms with Gasteiger partial charge in [0.15, 0.2) is 0 Å². The molecule has 3 atom stereocenters. The van der Waals surface area contributed by atoms with E-state index in [-0.39, 0.29) is 23.6 Å².